The molecule has 1 heterocycles. The molecule has 0 N–H and O–H groups in total. The van der Waals surface area contributed by atoms with E-state index in [0.29, 0.717) is 5.56 Å². The van der Waals surface area contributed by atoms with Crippen molar-refractivity contribution in [3.05, 3.63) is 57.3 Å². The van der Waals surface area contributed by atoms with Crippen LogP contribution in [0.5, 0.6) is 5.75 Å². The summed E-state index contributed by atoms with van der Waals surface area (Å²) in [4.78, 5) is 3.87. The number of benzene rings is 1. The fraction of sp³-hybridized carbons (Fsp3) is 0.0833. The summed E-state index contributed by atoms with van der Waals surface area (Å²) in [7, 11) is 0. The van der Waals surface area contributed by atoms with Crippen LogP contribution in [0.4, 0.5) is 8.78 Å². The van der Waals surface area contributed by atoms with E-state index in [1.165, 1.54) is 0 Å². The Kier molecular flexibility index (Phi) is 4.14. The average molecular weight is 335 g/mol. The lowest BCUT2D eigenvalue weighted by Crippen LogP contribution is -2.00. The van der Waals surface area contributed by atoms with Gasteiger partial charge in [0.1, 0.15) is 17.6 Å². The number of pyridine rings is 1. The van der Waals surface area contributed by atoms with Crippen LogP contribution in [0, 0.1) is 11.6 Å². The van der Waals surface area contributed by atoms with Gasteiger partial charge in [0.15, 0.2) is 11.6 Å². The standard InChI is InChI=1S/C12H7BrClF2NO/c13-9-4-8(15)5-10(16)11(9)18-6-7-2-1-3-17-12(7)14/h1-5H,6H2. The van der Waals surface area contributed by atoms with Crippen LogP contribution in [-0.4, -0.2) is 4.98 Å². The van der Waals surface area contributed by atoms with E-state index in [9.17, 15) is 8.78 Å². The molecule has 2 rings (SSSR count). The average Bonchev–Trinajstić information content (AvgIpc) is 2.30. The van der Waals surface area contributed by atoms with Gasteiger partial charge in [0.2, 0.25) is 0 Å². The summed E-state index contributed by atoms with van der Waals surface area (Å²) in [6.45, 7) is 0.0494. The Morgan fingerprint density at radius 3 is 2.78 bits per heavy atom. The number of rotatable bonds is 3. The van der Waals surface area contributed by atoms with E-state index in [1.807, 2.05) is 0 Å². The molecule has 0 aliphatic rings. The van der Waals surface area contributed by atoms with Crippen molar-refractivity contribution in [2.24, 2.45) is 0 Å². The smallest absolute Gasteiger partial charge is 0.169 e. The maximum absolute atomic E-state index is 13.5. The molecule has 0 unspecified atom stereocenters. The zero-order valence-corrected chi connectivity index (χ0v) is 11.3. The maximum Gasteiger partial charge on any atom is 0.169 e. The lowest BCUT2D eigenvalue weighted by Gasteiger charge is -2.10. The first-order chi connectivity index (χ1) is 8.58. The van der Waals surface area contributed by atoms with Crippen LogP contribution in [0.25, 0.3) is 0 Å². The second-order valence-corrected chi connectivity index (χ2v) is 4.65. The number of nitrogens with zero attached hydrogens (tertiary/aromatic N) is 1. The van der Waals surface area contributed by atoms with Gasteiger partial charge in [0.25, 0.3) is 0 Å². The molecule has 0 saturated carbocycles. The monoisotopic (exact) mass is 333 g/mol. The Morgan fingerprint density at radius 2 is 2.11 bits per heavy atom. The van der Waals surface area contributed by atoms with Crippen molar-refractivity contribution in [2.45, 2.75) is 6.61 Å². The highest BCUT2D eigenvalue weighted by atomic mass is 79.9. The lowest BCUT2D eigenvalue weighted by atomic mass is 10.3. The van der Waals surface area contributed by atoms with Crippen molar-refractivity contribution < 1.29 is 13.5 Å². The molecular formula is C12H7BrClF2NO. The maximum atomic E-state index is 13.5. The minimum Gasteiger partial charge on any atom is -0.485 e. The summed E-state index contributed by atoms with van der Waals surface area (Å²) in [5.74, 6) is -1.51. The summed E-state index contributed by atoms with van der Waals surface area (Å²) < 4.78 is 31.8. The summed E-state index contributed by atoms with van der Waals surface area (Å²) >= 11 is 8.88. The number of ether oxygens (including phenoxy) is 1. The highest BCUT2D eigenvalue weighted by Gasteiger charge is 2.12. The Balaban J connectivity index is 2.19. The van der Waals surface area contributed by atoms with Crippen LogP contribution in [0.1, 0.15) is 5.56 Å². The zero-order valence-electron chi connectivity index (χ0n) is 8.96. The number of hydrogen-bond donors (Lipinski definition) is 0. The van der Waals surface area contributed by atoms with Gasteiger partial charge in [-0.15, -0.1) is 0 Å². The predicted octanol–water partition coefficient (Wildman–Crippen LogP) is 4.35. The molecule has 0 atom stereocenters. The third-order valence-corrected chi connectivity index (χ3v) is 3.10. The van der Waals surface area contributed by atoms with Crippen molar-refractivity contribution in [3.63, 3.8) is 0 Å². The first-order valence-corrected chi connectivity index (χ1v) is 6.12. The molecular weight excluding hydrogens is 327 g/mol. The van der Waals surface area contributed by atoms with Gasteiger partial charge >= 0.3 is 0 Å². The van der Waals surface area contributed by atoms with Crippen molar-refractivity contribution >= 4 is 27.5 Å². The topological polar surface area (TPSA) is 22.1 Å². The molecule has 0 radical (unpaired) electrons. The Hall–Kier alpha value is -1.20. The molecule has 1 aromatic heterocycles. The fourth-order valence-corrected chi connectivity index (χ4v) is 2.04. The first kappa shape index (κ1) is 13.2. The third-order valence-electron chi connectivity index (χ3n) is 2.17. The minimum absolute atomic E-state index is 0.0494. The number of hydrogen-bond acceptors (Lipinski definition) is 2. The van der Waals surface area contributed by atoms with E-state index < -0.39 is 11.6 Å². The van der Waals surface area contributed by atoms with E-state index in [0.717, 1.165) is 12.1 Å². The van der Waals surface area contributed by atoms with Gasteiger partial charge < -0.3 is 4.74 Å². The summed E-state index contributed by atoms with van der Waals surface area (Å²) in [5.41, 5.74) is 0.620. The van der Waals surface area contributed by atoms with Crippen LogP contribution < -0.4 is 4.74 Å². The normalized spacial score (nSPS) is 10.4. The fourth-order valence-electron chi connectivity index (χ4n) is 1.34. The molecule has 0 fully saturated rings. The lowest BCUT2D eigenvalue weighted by molar-refractivity contribution is 0.287. The van der Waals surface area contributed by atoms with E-state index in [2.05, 4.69) is 20.9 Å². The number of halogens is 4. The van der Waals surface area contributed by atoms with Gasteiger partial charge in [-0.3, -0.25) is 0 Å². The molecule has 18 heavy (non-hydrogen) atoms. The Labute approximate surface area is 116 Å². The molecule has 0 aliphatic carbocycles. The molecule has 6 heteroatoms. The Morgan fingerprint density at radius 1 is 1.33 bits per heavy atom. The van der Waals surface area contributed by atoms with Gasteiger partial charge in [-0.25, -0.2) is 13.8 Å². The van der Waals surface area contributed by atoms with Gasteiger partial charge in [-0.1, -0.05) is 17.7 Å². The molecule has 0 saturated heterocycles. The minimum atomic E-state index is -0.776. The van der Waals surface area contributed by atoms with Crippen molar-refractivity contribution in [1.82, 2.24) is 4.98 Å². The van der Waals surface area contributed by atoms with Crippen LogP contribution >= 0.6 is 27.5 Å². The van der Waals surface area contributed by atoms with Gasteiger partial charge in [0, 0.05) is 17.8 Å². The number of aromatic nitrogens is 1. The molecule has 94 valence electrons. The zero-order chi connectivity index (χ0) is 13.1. The highest BCUT2D eigenvalue weighted by Crippen LogP contribution is 2.30. The van der Waals surface area contributed by atoms with Gasteiger partial charge in [-0.05, 0) is 28.1 Å². The largest absolute Gasteiger partial charge is 0.485 e. The first-order valence-electron chi connectivity index (χ1n) is 4.94. The van der Waals surface area contributed by atoms with Crippen molar-refractivity contribution in [2.75, 3.05) is 0 Å². The third kappa shape index (κ3) is 2.97. The van der Waals surface area contributed by atoms with E-state index in [-0.39, 0.29) is 22.0 Å². The van der Waals surface area contributed by atoms with Crippen LogP contribution in [0.15, 0.2) is 34.9 Å². The predicted molar refractivity (Wildman–Crippen MR) is 67.6 cm³/mol. The SMILES string of the molecule is Fc1cc(F)c(OCc2cccnc2Cl)c(Br)c1. The van der Waals surface area contributed by atoms with E-state index >= 15 is 0 Å². The Bertz CT molecular complexity index is 557. The van der Waals surface area contributed by atoms with Crippen molar-refractivity contribution in [3.8, 4) is 5.75 Å². The van der Waals surface area contributed by atoms with Gasteiger partial charge in [0.05, 0.1) is 4.47 Å². The van der Waals surface area contributed by atoms with Gasteiger partial charge in [-0.2, -0.15) is 0 Å². The van der Waals surface area contributed by atoms with E-state index in [4.69, 9.17) is 16.3 Å². The molecule has 2 nitrogen and oxygen atoms in total. The second-order valence-electron chi connectivity index (χ2n) is 3.44. The highest BCUT2D eigenvalue weighted by molar-refractivity contribution is 9.10. The summed E-state index contributed by atoms with van der Waals surface area (Å²) in [6.07, 6.45) is 1.54. The van der Waals surface area contributed by atoms with Crippen molar-refractivity contribution in [1.29, 1.82) is 0 Å². The molecule has 0 amide bonds. The molecule has 0 bridgehead atoms. The van der Waals surface area contributed by atoms with Crippen LogP contribution in [-0.2, 0) is 6.61 Å². The van der Waals surface area contributed by atoms with E-state index in [1.54, 1.807) is 18.3 Å². The molecule has 1 aromatic carbocycles. The molecule has 2 aromatic rings. The summed E-state index contributed by atoms with van der Waals surface area (Å²) in [6, 6.07) is 5.29. The van der Waals surface area contributed by atoms with Crippen LogP contribution in [0.3, 0.4) is 0 Å². The molecule has 0 spiro atoms. The quantitative estimate of drug-likeness (QED) is 0.778. The molecule has 0 aliphatic heterocycles. The van der Waals surface area contributed by atoms with Crippen LogP contribution in [0.2, 0.25) is 5.15 Å². The second kappa shape index (κ2) is 5.63. The summed E-state index contributed by atoms with van der Waals surface area (Å²) in [5, 5.41) is 0.288.